The van der Waals surface area contributed by atoms with Gasteiger partial charge in [0.25, 0.3) is 5.56 Å². The Kier molecular flexibility index (Phi) is 3.76. The van der Waals surface area contributed by atoms with Crippen LogP contribution in [0.1, 0.15) is 30.9 Å². The molecule has 0 radical (unpaired) electrons. The molecular weight excluding hydrogens is 296 g/mol. The van der Waals surface area contributed by atoms with E-state index in [2.05, 4.69) is 0 Å². The molecule has 0 N–H and O–H groups in total. The Labute approximate surface area is 133 Å². The molecule has 0 bridgehead atoms. The highest BCUT2D eigenvalue weighted by Crippen LogP contribution is 2.28. The maximum absolute atomic E-state index is 15.2. The van der Waals surface area contributed by atoms with E-state index in [1.54, 1.807) is 37.3 Å². The number of benzene rings is 2. The summed E-state index contributed by atoms with van der Waals surface area (Å²) in [7, 11) is 0. The monoisotopic (exact) mass is 313 g/mol. The molecule has 0 saturated heterocycles. The summed E-state index contributed by atoms with van der Waals surface area (Å²) in [5.41, 5.74) is 0.859. The van der Waals surface area contributed by atoms with E-state index in [0.717, 1.165) is 4.57 Å². The Morgan fingerprint density at radius 1 is 1.00 bits per heavy atom. The molecule has 0 unspecified atom stereocenters. The summed E-state index contributed by atoms with van der Waals surface area (Å²) in [6, 6.07) is 11.0. The minimum Gasteiger partial charge on any atom is -0.268 e. The lowest BCUT2D eigenvalue weighted by Gasteiger charge is -2.18. The molecule has 23 heavy (non-hydrogen) atoms. The molecule has 3 rings (SSSR count). The number of aryl methyl sites for hydroxylation is 1. The molecule has 0 aliphatic heterocycles. The third-order valence-electron chi connectivity index (χ3n) is 4.06. The molecule has 0 amide bonds. The lowest BCUT2D eigenvalue weighted by Crippen LogP contribution is -2.24. The van der Waals surface area contributed by atoms with Gasteiger partial charge in [-0.05, 0) is 42.0 Å². The zero-order chi connectivity index (χ0) is 16.7. The maximum Gasteiger partial charge on any atom is 0.265 e. The van der Waals surface area contributed by atoms with Crippen LogP contribution in [0, 0.1) is 18.7 Å². The van der Waals surface area contributed by atoms with Gasteiger partial charge < -0.3 is 0 Å². The van der Waals surface area contributed by atoms with Crippen molar-refractivity contribution in [1.82, 2.24) is 4.57 Å². The van der Waals surface area contributed by atoms with E-state index >= 15 is 4.39 Å². The normalized spacial score (nSPS) is 11.4. The number of aromatic nitrogens is 1. The van der Waals surface area contributed by atoms with Crippen LogP contribution < -0.4 is 5.56 Å². The lowest BCUT2D eigenvalue weighted by molar-refractivity contribution is 0.522. The number of fused-ring (bicyclic) bond motifs is 1. The fourth-order valence-electron chi connectivity index (χ4n) is 2.93. The van der Waals surface area contributed by atoms with E-state index < -0.39 is 17.3 Å². The maximum atomic E-state index is 15.2. The van der Waals surface area contributed by atoms with E-state index in [0.29, 0.717) is 21.9 Å². The summed E-state index contributed by atoms with van der Waals surface area (Å²) in [5, 5.41) is 1.04. The molecule has 1 heterocycles. The number of hydrogen-bond donors (Lipinski definition) is 0. The number of pyridine rings is 1. The van der Waals surface area contributed by atoms with Gasteiger partial charge >= 0.3 is 0 Å². The summed E-state index contributed by atoms with van der Waals surface area (Å²) in [4.78, 5) is 12.8. The zero-order valence-corrected chi connectivity index (χ0v) is 13.2. The van der Waals surface area contributed by atoms with Crippen LogP contribution in [0.4, 0.5) is 8.78 Å². The largest absolute Gasteiger partial charge is 0.268 e. The van der Waals surface area contributed by atoms with Crippen LogP contribution in [0.3, 0.4) is 0 Å². The molecule has 2 aromatic carbocycles. The highest BCUT2D eigenvalue weighted by atomic mass is 19.1. The molecule has 2 nitrogen and oxygen atoms in total. The van der Waals surface area contributed by atoms with Gasteiger partial charge in [-0.15, -0.1) is 0 Å². The Morgan fingerprint density at radius 2 is 1.65 bits per heavy atom. The van der Waals surface area contributed by atoms with Crippen molar-refractivity contribution in [3.05, 3.63) is 75.7 Å². The predicted octanol–water partition coefficient (Wildman–Crippen LogP) is 4.70. The Bertz CT molecular complexity index is 957. The minimum absolute atomic E-state index is 0.111. The van der Waals surface area contributed by atoms with Crippen molar-refractivity contribution in [1.29, 1.82) is 0 Å². The third-order valence-corrected chi connectivity index (χ3v) is 4.06. The van der Waals surface area contributed by atoms with Gasteiger partial charge in [-0.25, -0.2) is 4.39 Å². The van der Waals surface area contributed by atoms with Crippen molar-refractivity contribution < 1.29 is 8.78 Å². The average molecular weight is 313 g/mol. The summed E-state index contributed by atoms with van der Waals surface area (Å²) in [6.07, 6.45) is 0. The fourth-order valence-corrected chi connectivity index (χ4v) is 2.93. The second-order valence-corrected chi connectivity index (χ2v) is 5.98. The number of rotatable bonds is 2. The number of hydrogen-bond acceptors (Lipinski definition) is 1. The van der Waals surface area contributed by atoms with Gasteiger partial charge in [0.1, 0.15) is 5.82 Å². The standard InChI is InChI=1S/C19H17F2NO/c1-11(2)17-14-6-4-5-7-15(14)19(23)22(18(17)21)16-10-13(20)9-8-12(16)3/h4-11H,1-3H3. The van der Waals surface area contributed by atoms with Crippen molar-refractivity contribution in [2.75, 3.05) is 0 Å². The first-order valence-corrected chi connectivity index (χ1v) is 7.51. The van der Waals surface area contributed by atoms with Crippen molar-refractivity contribution in [3.63, 3.8) is 0 Å². The van der Waals surface area contributed by atoms with Gasteiger partial charge in [-0.1, -0.05) is 38.1 Å². The topological polar surface area (TPSA) is 22.0 Å². The lowest BCUT2D eigenvalue weighted by atomic mass is 9.97. The second-order valence-electron chi connectivity index (χ2n) is 5.98. The van der Waals surface area contributed by atoms with Crippen molar-refractivity contribution >= 4 is 10.8 Å². The molecular formula is C19H17F2NO. The average Bonchev–Trinajstić information content (AvgIpc) is 2.50. The van der Waals surface area contributed by atoms with Crippen LogP contribution in [-0.4, -0.2) is 4.57 Å². The summed E-state index contributed by atoms with van der Waals surface area (Å²) in [5.74, 6) is -1.24. The van der Waals surface area contributed by atoms with Gasteiger partial charge in [-0.3, -0.25) is 9.36 Å². The van der Waals surface area contributed by atoms with Gasteiger partial charge in [0.05, 0.1) is 5.69 Å². The second kappa shape index (κ2) is 5.61. The predicted molar refractivity (Wildman–Crippen MR) is 88.3 cm³/mol. The first-order chi connectivity index (χ1) is 10.9. The van der Waals surface area contributed by atoms with E-state index in [-0.39, 0.29) is 11.6 Å². The SMILES string of the molecule is Cc1ccc(F)cc1-n1c(F)c(C(C)C)c2ccccc2c1=O. The van der Waals surface area contributed by atoms with Gasteiger partial charge in [0, 0.05) is 10.9 Å². The first kappa shape index (κ1) is 15.4. The molecule has 0 spiro atoms. The Hall–Kier alpha value is -2.49. The van der Waals surface area contributed by atoms with Crippen molar-refractivity contribution in [2.24, 2.45) is 0 Å². The summed E-state index contributed by atoms with van der Waals surface area (Å²) >= 11 is 0. The molecule has 0 fully saturated rings. The van der Waals surface area contributed by atoms with Crippen molar-refractivity contribution in [2.45, 2.75) is 26.7 Å². The van der Waals surface area contributed by atoms with Gasteiger partial charge in [0.2, 0.25) is 5.95 Å². The first-order valence-electron chi connectivity index (χ1n) is 7.51. The van der Waals surface area contributed by atoms with Crippen LogP contribution in [0.15, 0.2) is 47.3 Å². The van der Waals surface area contributed by atoms with Crippen LogP contribution >= 0.6 is 0 Å². The van der Waals surface area contributed by atoms with E-state index in [4.69, 9.17) is 0 Å². The van der Waals surface area contributed by atoms with Gasteiger partial charge in [0.15, 0.2) is 0 Å². The van der Waals surface area contributed by atoms with Crippen LogP contribution in [0.2, 0.25) is 0 Å². The number of nitrogens with zero attached hydrogens (tertiary/aromatic N) is 1. The molecule has 4 heteroatoms. The third kappa shape index (κ3) is 2.44. The Balaban J connectivity index is 2.52. The van der Waals surface area contributed by atoms with E-state index in [9.17, 15) is 9.18 Å². The fraction of sp³-hybridized carbons (Fsp3) is 0.211. The summed E-state index contributed by atoms with van der Waals surface area (Å²) in [6.45, 7) is 5.47. The quantitative estimate of drug-likeness (QED) is 0.629. The van der Waals surface area contributed by atoms with E-state index in [1.807, 2.05) is 13.8 Å². The van der Waals surface area contributed by atoms with Crippen molar-refractivity contribution in [3.8, 4) is 5.69 Å². The molecule has 0 saturated carbocycles. The summed E-state index contributed by atoms with van der Waals surface area (Å²) < 4.78 is 29.8. The molecule has 0 aliphatic carbocycles. The minimum atomic E-state index is -0.627. The molecule has 0 atom stereocenters. The van der Waals surface area contributed by atoms with Crippen LogP contribution in [0.5, 0.6) is 0 Å². The van der Waals surface area contributed by atoms with E-state index in [1.165, 1.54) is 12.1 Å². The highest BCUT2D eigenvalue weighted by Gasteiger charge is 2.20. The Morgan fingerprint density at radius 3 is 2.30 bits per heavy atom. The van der Waals surface area contributed by atoms with Gasteiger partial charge in [-0.2, -0.15) is 4.39 Å². The molecule has 3 aromatic rings. The molecule has 118 valence electrons. The van der Waals surface area contributed by atoms with Crippen LogP contribution in [-0.2, 0) is 0 Å². The smallest absolute Gasteiger partial charge is 0.265 e. The zero-order valence-electron chi connectivity index (χ0n) is 13.2. The highest BCUT2D eigenvalue weighted by molar-refractivity contribution is 5.85. The molecule has 0 aliphatic rings. The molecule has 1 aromatic heterocycles. The van der Waals surface area contributed by atoms with Crippen LogP contribution in [0.25, 0.3) is 16.5 Å². The number of halogens is 2.